The number of nitrogens with one attached hydrogen (secondary N) is 1. The molecule has 1 saturated heterocycles. The fraction of sp³-hybridized carbons (Fsp3) is 0.412. The van der Waals surface area contributed by atoms with Crippen LogP contribution in [0.5, 0.6) is 0 Å². The summed E-state index contributed by atoms with van der Waals surface area (Å²) in [7, 11) is 1.79. The zero-order valence-corrected chi connectivity index (χ0v) is 13.3. The van der Waals surface area contributed by atoms with Crippen molar-refractivity contribution in [3.63, 3.8) is 0 Å². The third-order valence-corrected chi connectivity index (χ3v) is 4.17. The third kappa shape index (κ3) is 3.97. The molecule has 1 aliphatic rings. The Balaban J connectivity index is 1.62. The minimum Gasteiger partial charge on any atom is -0.392 e. The Bertz CT molecular complexity index is 683. The van der Waals surface area contributed by atoms with Crippen molar-refractivity contribution in [3.8, 4) is 0 Å². The van der Waals surface area contributed by atoms with Crippen molar-refractivity contribution in [2.24, 2.45) is 7.05 Å². The topological polar surface area (TPSA) is 70.4 Å². The van der Waals surface area contributed by atoms with Gasteiger partial charge in [-0.3, -0.25) is 14.4 Å². The van der Waals surface area contributed by atoms with Gasteiger partial charge in [0.25, 0.3) is 5.91 Å². The molecule has 1 aromatic heterocycles. The molecular formula is C17H22N4O2. The van der Waals surface area contributed by atoms with Crippen molar-refractivity contribution in [2.75, 3.05) is 13.1 Å². The molecule has 122 valence electrons. The smallest absolute Gasteiger partial charge is 0.254 e. The molecule has 1 aromatic carbocycles. The van der Waals surface area contributed by atoms with Crippen LogP contribution in [0.1, 0.15) is 27.9 Å². The van der Waals surface area contributed by atoms with E-state index in [-0.39, 0.29) is 12.0 Å². The van der Waals surface area contributed by atoms with E-state index in [1.807, 2.05) is 18.2 Å². The summed E-state index contributed by atoms with van der Waals surface area (Å²) < 4.78 is 1.61. The van der Waals surface area contributed by atoms with E-state index in [1.165, 1.54) is 5.56 Å². The van der Waals surface area contributed by atoms with E-state index in [0.29, 0.717) is 12.1 Å². The summed E-state index contributed by atoms with van der Waals surface area (Å²) in [4.78, 5) is 14.4. The summed E-state index contributed by atoms with van der Waals surface area (Å²) in [5.74, 6) is -0.121. The number of carbonyl (C=O) groups is 1. The Morgan fingerprint density at radius 3 is 2.83 bits per heavy atom. The van der Waals surface area contributed by atoms with Gasteiger partial charge in [0, 0.05) is 39.4 Å². The summed E-state index contributed by atoms with van der Waals surface area (Å²) in [6.45, 7) is 2.92. The minimum absolute atomic E-state index is 0.121. The first-order valence-electron chi connectivity index (χ1n) is 7.86. The number of rotatable bonds is 5. The normalized spacial score (nSPS) is 18.3. The number of aliphatic hydroxyl groups is 1. The molecule has 0 bridgehead atoms. The summed E-state index contributed by atoms with van der Waals surface area (Å²) in [6, 6.07) is 8.10. The molecule has 1 amide bonds. The second-order valence-electron chi connectivity index (χ2n) is 6.03. The molecule has 6 nitrogen and oxygen atoms in total. The molecule has 2 aromatic rings. The van der Waals surface area contributed by atoms with E-state index in [9.17, 15) is 9.90 Å². The highest BCUT2D eigenvalue weighted by Crippen LogP contribution is 2.16. The van der Waals surface area contributed by atoms with Gasteiger partial charge < -0.3 is 10.4 Å². The third-order valence-electron chi connectivity index (χ3n) is 4.17. The number of hydrogen-bond donors (Lipinski definition) is 2. The second kappa shape index (κ2) is 6.93. The highest BCUT2D eigenvalue weighted by atomic mass is 16.3. The molecule has 0 spiro atoms. The van der Waals surface area contributed by atoms with Gasteiger partial charge in [-0.2, -0.15) is 5.10 Å². The molecule has 23 heavy (non-hydrogen) atoms. The number of aryl methyl sites for hydroxylation is 1. The van der Waals surface area contributed by atoms with Crippen LogP contribution in [0.2, 0.25) is 0 Å². The minimum atomic E-state index is -0.215. The van der Waals surface area contributed by atoms with Crippen LogP contribution < -0.4 is 5.32 Å². The molecule has 6 heteroatoms. The highest BCUT2D eigenvalue weighted by Gasteiger charge is 2.20. The largest absolute Gasteiger partial charge is 0.392 e. The molecule has 2 N–H and O–H groups in total. The molecule has 3 rings (SSSR count). The molecule has 0 saturated carbocycles. The highest BCUT2D eigenvalue weighted by molar-refractivity contribution is 5.93. The van der Waals surface area contributed by atoms with Gasteiger partial charge in [0.1, 0.15) is 0 Å². The average Bonchev–Trinajstić information content (AvgIpc) is 3.15. The van der Waals surface area contributed by atoms with Crippen molar-refractivity contribution < 1.29 is 9.90 Å². The zero-order valence-electron chi connectivity index (χ0n) is 13.3. The molecule has 1 atom stereocenters. The molecule has 2 heterocycles. The summed E-state index contributed by atoms with van der Waals surface area (Å²) in [5.41, 5.74) is 2.85. The lowest BCUT2D eigenvalue weighted by Crippen LogP contribution is -2.25. The summed E-state index contributed by atoms with van der Waals surface area (Å²) in [6.07, 6.45) is 3.88. The van der Waals surface area contributed by atoms with E-state index in [0.717, 1.165) is 31.6 Å². The lowest BCUT2D eigenvalue weighted by Gasteiger charge is -2.18. The first-order valence-corrected chi connectivity index (χ1v) is 7.86. The molecule has 1 fully saturated rings. The molecule has 0 radical (unpaired) electrons. The van der Waals surface area contributed by atoms with Crippen LogP contribution in [0, 0.1) is 0 Å². The number of nitrogens with zero attached hydrogens (tertiary/aromatic N) is 3. The van der Waals surface area contributed by atoms with E-state index in [2.05, 4.69) is 21.4 Å². The van der Waals surface area contributed by atoms with E-state index < -0.39 is 0 Å². The molecule has 1 unspecified atom stereocenters. The maximum Gasteiger partial charge on any atom is 0.254 e. The Morgan fingerprint density at radius 1 is 1.39 bits per heavy atom. The first-order chi connectivity index (χ1) is 11.1. The maximum atomic E-state index is 12.1. The van der Waals surface area contributed by atoms with E-state index in [4.69, 9.17) is 0 Å². The van der Waals surface area contributed by atoms with Crippen LogP contribution in [-0.4, -0.2) is 44.9 Å². The molecule has 1 aliphatic heterocycles. The van der Waals surface area contributed by atoms with Crippen LogP contribution in [0.15, 0.2) is 36.7 Å². The quantitative estimate of drug-likeness (QED) is 0.861. The standard InChI is InChI=1S/C17H22N4O2/c1-20-10-15(9-19-20)17(23)18-8-13-4-2-3-5-14(13)11-21-7-6-16(22)12-21/h2-5,9-10,16,22H,6-8,11-12H2,1H3,(H,18,23). The number of β-amino-alcohol motifs (C(OH)–C–C–N with tert-alkyl or cyclic N) is 1. The molecular weight excluding hydrogens is 292 g/mol. The van der Waals surface area contributed by atoms with Crippen molar-refractivity contribution in [2.45, 2.75) is 25.6 Å². The van der Waals surface area contributed by atoms with Crippen molar-refractivity contribution in [3.05, 3.63) is 53.3 Å². The Hall–Kier alpha value is -2.18. The number of carbonyl (C=O) groups excluding carboxylic acids is 1. The fourth-order valence-corrected chi connectivity index (χ4v) is 2.90. The van der Waals surface area contributed by atoms with Gasteiger partial charge >= 0.3 is 0 Å². The number of aliphatic hydroxyl groups excluding tert-OH is 1. The van der Waals surface area contributed by atoms with E-state index >= 15 is 0 Å². The monoisotopic (exact) mass is 314 g/mol. The zero-order chi connectivity index (χ0) is 16.2. The number of benzene rings is 1. The van der Waals surface area contributed by atoms with Crippen molar-refractivity contribution >= 4 is 5.91 Å². The number of hydrogen-bond acceptors (Lipinski definition) is 4. The van der Waals surface area contributed by atoms with Crippen LogP contribution >= 0.6 is 0 Å². The Kier molecular flexibility index (Phi) is 4.73. The lowest BCUT2D eigenvalue weighted by molar-refractivity contribution is 0.0950. The second-order valence-corrected chi connectivity index (χ2v) is 6.03. The predicted octanol–water partition coefficient (Wildman–Crippen LogP) is 0.917. The predicted molar refractivity (Wildman–Crippen MR) is 86.7 cm³/mol. The van der Waals surface area contributed by atoms with Gasteiger partial charge in [-0.15, -0.1) is 0 Å². The van der Waals surface area contributed by atoms with Gasteiger partial charge in [-0.05, 0) is 17.5 Å². The Morgan fingerprint density at radius 2 is 2.17 bits per heavy atom. The average molecular weight is 314 g/mol. The van der Waals surface area contributed by atoms with Gasteiger partial charge in [0.05, 0.1) is 17.9 Å². The molecule has 0 aliphatic carbocycles. The van der Waals surface area contributed by atoms with Crippen LogP contribution in [-0.2, 0) is 20.1 Å². The van der Waals surface area contributed by atoms with Crippen LogP contribution in [0.3, 0.4) is 0 Å². The number of aromatic nitrogens is 2. The first kappa shape index (κ1) is 15.7. The maximum absolute atomic E-state index is 12.1. The lowest BCUT2D eigenvalue weighted by atomic mass is 10.1. The van der Waals surface area contributed by atoms with Crippen LogP contribution in [0.4, 0.5) is 0 Å². The number of likely N-dealkylation sites (tertiary alicyclic amines) is 1. The Labute approximate surface area is 135 Å². The van der Waals surface area contributed by atoms with E-state index in [1.54, 1.807) is 24.1 Å². The van der Waals surface area contributed by atoms with Crippen LogP contribution in [0.25, 0.3) is 0 Å². The number of amides is 1. The van der Waals surface area contributed by atoms with Crippen molar-refractivity contribution in [1.82, 2.24) is 20.0 Å². The van der Waals surface area contributed by atoms with Gasteiger partial charge in [0.15, 0.2) is 0 Å². The SMILES string of the molecule is Cn1cc(C(=O)NCc2ccccc2CN2CCC(O)C2)cn1. The summed E-state index contributed by atoms with van der Waals surface area (Å²) >= 11 is 0. The van der Waals surface area contributed by atoms with Gasteiger partial charge in [-0.1, -0.05) is 24.3 Å². The fourth-order valence-electron chi connectivity index (χ4n) is 2.90. The van der Waals surface area contributed by atoms with Crippen molar-refractivity contribution in [1.29, 1.82) is 0 Å². The van der Waals surface area contributed by atoms with Gasteiger partial charge in [-0.25, -0.2) is 0 Å². The summed E-state index contributed by atoms with van der Waals surface area (Å²) in [5, 5.41) is 16.6. The van der Waals surface area contributed by atoms with Gasteiger partial charge in [0.2, 0.25) is 0 Å².